The summed E-state index contributed by atoms with van der Waals surface area (Å²) in [5.41, 5.74) is 0. The summed E-state index contributed by atoms with van der Waals surface area (Å²) in [6.45, 7) is 4.48. The quantitative estimate of drug-likeness (QED) is 0.0461. The second kappa shape index (κ2) is 34.6. The fourth-order valence-corrected chi connectivity index (χ4v) is 5.33. The minimum atomic E-state index is -0.729. The van der Waals surface area contributed by atoms with E-state index in [1.807, 2.05) is 0 Å². The van der Waals surface area contributed by atoms with Gasteiger partial charge in [-0.2, -0.15) is 0 Å². The van der Waals surface area contributed by atoms with Crippen LogP contribution in [0.1, 0.15) is 194 Å². The zero-order chi connectivity index (χ0) is 31.5. The van der Waals surface area contributed by atoms with Gasteiger partial charge >= 0.3 is 11.9 Å². The number of carbonyl (C=O) groups excluding carboxylic acids is 1. The number of unbranched alkanes of at least 4 members (excludes halogenated alkanes) is 18. The second-order valence-electron chi connectivity index (χ2n) is 12.4. The maximum atomic E-state index is 12.5. The summed E-state index contributed by atoms with van der Waals surface area (Å²) < 4.78 is 5.88. The van der Waals surface area contributed by atoms with Crippen LogP contribution in [0.5, 0.6) is 0 Å². The van der Waals surface area contributed by atoms with Crippen molar-refractivity contribution in [1.82, 2.24) is 0 Å². The molecule has 1 N–H and O–H groups in total. The van der Waals surface area contributed by atoms with Gasteiger partial charge in [0.25, 0.3) is 0 Å². The number of carboxylic acid groups (broad SMARTS) is 1. The Kier molecular flexibility index (Phi) is 33.2. The Hall–Kier alpha value is -1.84. The first-order valence-electron chi connectivity index (χ1n) is 18.5. The molecule has 0 radical (unpaired) electrons. The number of carbonyl (C=O) groups is 2. The van der Waals surface area contributed by atoms with Gasteiger partial charge in [-0.05, 0) is 96.3 Å². The predicted octanol–water partition coefficient (Wildman–Crippen LogP) is 12.6. The van der Waals surface area contributed by atoms with Gasteiger partial charge in [-0.3, -0.25) is 9.59 Å². The highest BCUT2D eigenvalue weighted by Crippen LogP contribution is 2.18. The Balaban J connectivity index is 3.80. The molecule has 1 atom stereocenters. The number of aliphatic carboxylic acids is 1. The van der Waals surface area contributed by atoms with E-state index in [2.05, 4.69) is 50.3 Å². The highest BCUT2D eigenvalue weighted by atomic mass is 16.5. The third-order valence-corrected chi connectivity index (χ3v) is 8.08. The summed E-state index contributed by atoms with van der Waals surface area (Å²) in [4.78, 5) is 23.2. The van der Waals surface area contributed by atoms with Gasteiger partial charge < -0.3 is 9.84 Å². The molecule has 0 amide bonds. The fraction of sp³-hybridized carbons (Fsp3) is 0.795. The maximum absolute atomic E-state index is 12.5. The van der Waals surface area contributed by atoms with Crippen molar-refractivity contribution in [3.63, 3.8) is 0 Å². The number of hydrogen-bond acceptors (Lipinski definition) is 3. The molecule has 0 rings (SSSR count). The number of ether oxygens (including phenoxy) is 1. The number of rotatable bonds is 33. The average Bonchev–Trinajstić information content (AvgIpc) is 2.99. The molecule has 0 aliphatic rings. The van der Waals surface area contributed by atoms with E-state index in [1.54, 1.807) is 0 Å². The van der Waals surface area contributed by atoms with E-state index >= 15 is 0 Å². The molecular weight excluding hydrogens is 532 g/mol. The largest absolute Gasteiger partial charge is 0.481 e. The van der Waals surface area contributed by atoms with Gasteiger partial charge in [0.1, 0.15) is 6.10 Å². The fourth-order valence-electron chi connectivity index (χ4n) is 5.33. The van der Waals surface area contributed by atoms with Crippen molar-refractivity contribution in [1.29, 1.82) is 0 Å². The summed E-state index contributed by atoms with van der Waals surface area (Å²) in [5.74, 6) is -0.775. The third kappa shape index (κ3) is 34.5. The van der Waals surface area contributed by atoms with Gasteiger partial charge in [-0.1, -0.05) is 121 Å². The molecule has 0 saturated carbocycles. The molecule has 0 aromatic heterocycles. The molecule has 0 saturated heterocycles. The van der Waals surface area contributed by atoms with E-state index in [4.69, 9.17) is 9.84 Å². The third-order valence-electron chi connectivity index (χ3n) is 8.08. The zero-order valence-electron chi connectivity index (χ0n) is 28.5. The second-order valence-corrected chi connectivity index (χ2v) is 12.4. The molecule has 43 heavy (non-hydrogen) atoms. The lowest BCUT2D eigenvalue weighted by atomic mass is 10.0. The smallest absolute Gasteiger partial charge is 0.306 e. The first kappa shape index (κ1) is 41.2. The molecule has 0 aromatic carbocycles. The standard InChI is InChI=1S/C39H70O4/c1-3-5-7-9-11-12-13-14-15-16-17-18-19-20-21-22-23-24-25-27-32-36-39(42)43-37(33-29-26-10-8-6-4-2)34-30-28-31-35-38(40)41/h11-12,14-15,20-21,37H,3-10,13,16-19,22-36H2,1-2H3,(H,40,41)/b12-11-,15-14-,21-20-. The zero-order valence-corrected chi connectivity index (χ0v) is 28.5. The van der Waals surface area contributed by atoms with Crippen LogP contribution in [0.2, 0.25) is 0 Å². The molecular formula is C39H70O4. The van der Waals surface area contributed by atoms with Gasteiger partial charge in [0.05, 0.1) is 0 Å². The van der Waals surface area contributed by atoms with E-state index in [0.717, 1.165) is 51.4 Å². The first-order chi connectivity index (χ1) is 21.1. The molecule has 1 unspecified atom stereocenters. The number of esters is 1. The first-order valence-corrected chi connectivity index (χ1v) is 18.5. The van der Waals surface area contributed by atoms with Crippen molar-refractivity contribution >= 4 is 11.9 Å². The molecule has 4 nitrogen and oxygen atoms in total. The van der Waals surface area contributed by atoms with E-state index in [0.29, 0.717) is 12.8 Å². The van der Waals surface area contributed by atoms with Crippen LogP contribution < -0.4 is 0 Å². The van der Waals surface area contributed by atoms with Crippen molar-refractivity contribution in [2.24, 2.45) is 0 Å². The van der Waals surface area contributed by atoms with Crippen molar-refractivity contribution < 1.29 is 19.4 Å². The van der Waals surface area contributed by atoms with Crippen molar-refractivity contribution in [2.45, 2.75) is 200 Å². The van der Waals surface area contributed by atoms with Gasteiger partial charge in [0.15, 0.2) is 0 Å². The van der Waals surface area contributed by atoms with Crippen LogP contribution in [-0.2, 0) is 14.3 Å². The molecule has 0 fully saturated rings. The van der Waals surface area contributed by atoms with Crippen LogP contribution in [-0.4, -0.2) is 23.1 Å². The van der Waals surface area contributed by atoms with E-state index in [-0.39, 0.29) is 18.5 Å². The molecule has 0 heterocycles. The van der Waals surface area contributed by atoms with E-state index in [1.165, 1.54) is 109 Å². The number of allylic oxidation sites excluding steroid dienone is 6. The van der Waals surface area contributed by atoms with Gasteiger partial charge in [0, 0.05) is 12.8 Å². The average molecular weight is 603 g/mol. The summed E-state index contributed by atoms with van der Waals surface area (Å²) in [5, 5.41) is 8.83. The Bertz CT molecular complexity index is 693. The molecule has 0 aliphatic heterocycles. The van der Waals surface area contributed by atoms with Crippen LogP contribution in [0.3, 0.4) is 0 Å². The van der Waals surface area contributed by atoms with Gasteiger partial charge in [-0.25, -0.2) is 0 Å². The lowest BCUT2D eigenvalue weighted by Crippen LogP contribution is -2.18. The predicted molar refractivity (Wildman–Crippen MR) is 186 cm³/mol. The molecule has 4 heteroatoms. The lowest BCUT2D eigenvalue weighted by molar-refractivity contribution is -0.150. The van der Waals surface area contributed by atoms with Crippen LogP contribution in [0.25, 0.3) is 0 Å². The molecule has 250 valence electrons. The highest BCUT2D eigenvalue weighted by molar-refractivity contribution is 5.69. The summed E-state index contributed by atoms with van der Waals surface area (Å²) in [6.07, 6.45) is 44.5. The Morgan fingerprint density at radius 2 is 0.907 bits per heavy atom. The van der Waals surface area contributed by atoms with Crippen LogP contribution >= 0.6 is 0 Å². The van der Waals surface area contributed by atoms with Crippen LogP contribution in [0, 0.1) is 0 Å². The number of hydrogen-bond donors (Lipinski definition) is 1. The van der Waals surface area contributed by atoms with Crippen molar-refractivity contribution in [3.05, 3.63) is 36.5 Å². The van der Waals surface area contributed by atoms with Crippen molar-refractivity contribution in [2.75, 3.05) is 0 Å². The summed E-state index contributed by atoms with van der Waals surface area (Å²) in [6, 6.07) is 0. The Morgan fingerprint density at radius 3 is 1.49 bits per heavy atom. The molecule has 0 spiro atoms. The van der Waals surface area contributed by atoms with E-state index < -0.39 is 5.97 Å². The lowest BCUT2D eigenvalue weighted by Gasteiger charge is -2.18. The SMILES string of the molecule is CCCCC/C=C\C/C=C\CCCC/C=C\CCCCCCCC(=O)OC(CCCCCCCC)CCCCCC(=O)O. The Labute approximate surface area is 267 Å². The minimum Gasteiger partial charge on any atom is -0.481 e. The summed E-state index contributed by atoms with van der Waals surface area (Å²) >= 11 is 0. The monoisotopic (exact) mass is 603 g/mol. The molecule has 0 bridgehead atoms. The van der Waals surface area contributed by atoms with Gasteiger partial charge in [-0.15, -0.1) is 0 Å². The van der Waals surface area contributed by atoms with Crippen LogP contribution in [0.4, 0.5) is 0 Å². The van der Waals surface area contributed by atoms with Crippen LogP contribution in [0.15, 0.2) is 36.5 Å². The highest BCUT2D eigenvalue weighted by Gasteiger charge is 2.14. The summed E-state index contributed by atoms with van der Waals surface area (Å²) in [7, 11) is 0. The minimum absolute atomic E-state index is 0.000847. The molecule has 0 aromatic rings. The normalized spacial score (nSPS) is 12.6. The topological polar surface area (TPSA) is 63.6 Å². The maximum Gasteiger partial charge on any atom is 0.306 e. The van der Waals surface area contributed by atoms with Gasteiger partial charge in [0.2, 0.25) is 0 Å². The Morgan fingerprint density at radius 1 is 0.512 bits per heavy atom. The number of carboxylic acids is 1. The van der Waals surface area contributed by atoms with Crippen molar-refractivity contribution in [3.8, 4) is 0 Å². The molecule has 0 aliphatic carbocycles. The van der Waals surface area contributed by atoms with E-state index in [9.17, 15) is 9.59 Å².